The monoisotopic (exact) mass is 226 g/mol. The first kappa shape index (κ1) is 11.4. The molecule has 0 N–H and O–H groups in total. The molecular formula is C13H14N4. The van der Waals surface area contributed by atoms with E-state index in [-0.39, 0.29) is 0 Å². The Morgan fingerprint density at radius 1 is 1.24 bits per heavy atom. The third kappa shape index (κ3) is 2.93. The molecule has 1 aromatic carbocycles. The smallest absolute Gasteiger partial charge is 0.162 e. The van der Waals surface area contributed by atoms with Crippen LogP contribution in [0.15, 0.2) is 41.9 Å². The summed E-state index contributed by atoms with van der Waals surface area (Å²) in [5.74, 6) is 0.672. The van der Waals surface area contributed by atoms with Crippen LogP contribution in [0.1, 0.15) is 20.3 Å². The Hall–Kier alpha value is -2.10. The van der Waals surface area contributed by atoms with E-state index in [1.807, 2.05) is 31.2 Å². The number of hydrogen-bond acceptors (Lipinski definition) is 4. The zero-order valence-electron chi connectivity index (χ0n) is 9.96. The number of aromatic nitrogens is 3. The maximum atomic E-state index is 4.51. The minimum Gasteiger partial charge on any atom is -0.258 e. The summed E-state index contributed by atoms with van der Waals surface area (Å²) in [4.78, 5) is 16.6. The van der Waals surface area contributed by atoms with E-state index in [0.29, 0.717) is 5.82 Å². The second-order valence-electron chi connectivity index (χ2n) is 3.71. The average Bonchev–Trinajstić information content (AvgIpc) is 2.40. The van der Waals surface area contributed by atoms with Crippen molar-refractivity contribution in [2.24, 2.45) is 4.99 Å². The van der Waals surface area contributed by atoms with Gasteiger partial charge in [-0.2, -0.15) is 0 Å². The number of nitrogens with zero attached hydrogens (tertiary/aromatic N) is 4. The molecule has 2 aromatic rings. The predicted octanol–water partition coefficient (Wildman–Crippen LogP) is 3.04. The number of aliphatic imine (C=N–C) groups is 1. The van der Waals surface area contributed by atoms with E-state index in [4.69, 9.17) is 0 Å². The Morgan fingerprint density at radius 3 is 2.71 bits per heavy atom. The molecule has 0 saturated carbocycles. The van der Waals surface area contributed by atoms with Crippen molar-refractivity contribution >= 4 is 11.4 Å². The summed E-state index contributed by atoms with van der Waals surface area (Å²) in [6.07, 6.45) is 3.95. The highest BCUT2D eigenvalue weighted by molar-refractivity contribution is 5.84. The second kappa shape index (κ2) is 5.30. The van der Waals surface area contributed by atoms with Crippen molar-refractivity contribution in [1.29, 1.82) is 0 Å². The van der Waals surface area contributed by atoms with Gasteiger partial charge in [0.1, 0.15) is 12.7 Å². The Bertz CT molecular complexity index is 520. The van der Waals surface area contributed by atoms with E-state index in [9.17, 15) is 0 Å². The standard InChI is InChI=1S/C13H14N4/c1-3-10(2)17-12-6-4-5-11(7-12)13-15-8-14-9-16-13/h4-9H,3H2,1-2H3. The van der Waals surface area contributed by atoms with E-state index in [2.05, 4.69) is 26.9 Å². The molecule has 1 heterocycles. The van der Waals surface area contributed by atoms with Gasteiger partial charge in [0.2, 0.25) is 0 Å². The second-order valence-corrected chi connectivity index (χ2v) is 3.71. The van der Waals surface area contributed by atoms with Crippen molar-refractivity contribution in [2.45, 2.75) is 20.3 Å². The van der Waals surface area contributed by atoms with Crippen molar-refractivity contribution in [3.63, 3.8) is 0 Å². The fourth-order valence-corrected chi connectivity index (χ4v) is 1.40. The minimum atomic E-state index is 0.672. The first-order valence-corrected chi connectivity index (χ1v) is 5.56. The predicted molar refractivity (Wildman–Crippen MR) is 68.3 cm³/mol. The van der Waals surface area contributed by atoms with Crippen LogP contribution in [-0.4, -0.2) is 20.7 Å². The number of hydrogen-bond donors (Lipinski definition) is 0. The molecule has 86 valence electrons. The van der Waals surface area contributed by atoms with Gasteiger partial charge in [0, 0.05) is 11.3 Å². The van der Waals surface area contributed by atoms with Gasteiger partial charge in [-0.25, -0.2) is 15.0 Å². The summed E-state index contributed by atoms with van der Waals surface area (Å²) < 4.78 is 0. The molecule has 0 aliphatic rings. The molecule has 0 amide bonds. The first-order chi connectivity index (χ1) is 8.29. The van der Waals surface area contributed by atoms with Crippen LogP contribution in [0.25, 0.3) is 11.4 Å². The van der Waals surface area contributed by atoms with Crippen molar-refractivity contribution < 1.29 is 0 Å². The van der Waals surface area contributed by atoms with Crippen molar-refractivity contribution in [3.8, 4) is 11.4 Å². The Labute approximate surface area is 101 Å². The highest BCUT2D eigenvalue weighted by Crippen LogP contribution is 2.21. The lowest BCUT2D eigenvalue weighted by Gasteiger charge is -2.01. The highest BCUT2D eigenvalue weighted by Gasteiger charge is 2.00. The molecule has 0 bridgehead atoms. The van der Waals surface area contributed by atoms with E-state index in [1.165, 1.54) is 12.7 Å². The molecule has 0 fully saturated rings. The largest absolute Gasteiger partial charge is 0.258 e. The lowest BCUT2D eigenvalue weighted by molar-refractivity contribution is 1.06. The lowest BCUT2D eigenvalue weighted by atomic mass is 10.2. The van der Waals surface area contributed by atoms with Gasteiger partial charge in [-0.15, -0.1) is 0 Å². The molecule has 4 heteroatoms. The molecule has 0 radical (unpaired) electrons. The van der Waals surface area contributed by atoms with Crippen molar-refractivity contribution in [3.05, 3.63) is 36.9 Å². The van der Waals surface area contributed by atoms with Gasteiger partial charge in [0.05, 0.1) is 5.69 Å². The molecule has 0 atom stereocenters. The SMILES string of the molecule is CCC(C)=Nc1cccc(-c2ncncn2)c1. The highest BCUT2D eigenvalue weighted by atomic mass is 15.0. The number of benzene rings is 1. The lowest BCUT2D eigenvalue weighted by Crippen LogP contribution is -1.89. The summed E-state index contributed by atoms with van der Waals surface area (Å²) in [7, 11) is 0. The molecule has 0 aliphatic carbocycles. The fraction of sp³-hybridized carbons (Fsp3) is 0.231. The van der Waals surface area contributed by atoms with E-state index >= 15 is 0 Å². The Kier molecular flexibility index (Phi) is 3.55. The van der Waals surface area contributed by atoms with E-state index < -0.39 is 0 Å². The van der Waals surface area contributed by atoms with Crippen LogP contribution in [0.2, 0.25) is 0 Å². The topological polar surface area (TPSA) is 51.0 Å². The maximum Gasteiger partial charge on any atom is 0.162 e. The number of rotatable bonds is 3. The molecule has 2 rings (SSSR count). The Balaban J connectivity index is 2.36. The van der Waals surface area contributed by atoms with Crippen molar-refractivity contribution in [2.75, 3.05) is 0 Å². The van der Waals surface area contributed by atoms with Gasteiger partial charge in [-0.05, 0) is 25.5 Å². The van der Waals surface area contributed by atoms with Crippen LogP contribution in [0.5, 0.6) is 0 Å². The van der Waals surface area contributed by atoms with Gasteiger partial charge < -0.3 is 0 Å². The summed E-state index contributed by atoms with van der Waals surface area (Å²) in [6, 6.07) is 7.88. The van der Waals surface area contributed by atoms with Crippen LogP contribution >= 0.6 is 0 Å². The molecule has 0 aliphatic heterocycles. The van der Waals surface area contributed by atoms with Crippen LogP contribution in [-0.2, 0) is 0 Å². The van der Waals surface area contributed by atoms with E-state index in [1.54, 1.807) is 0 Å². The van der Waals surface area contributed by atoms with Gasteiger partial charge in [-0.3, -0.25) is 4.99 Å². The molecule has 0 unspecified atom stereocenters. The fourth-order valence-electron chi connectivity index (χ4n) is 1.40. The molecule has 4 nitrogen and oxygen atoms in total. The molecular weight excluding hydrogens is 212 g/mol. The first-order valence-electron chi connectivity index (χ1n) is 5.56. The zero-order valence-corrected chi connectivity index (χ0v) is 9.96. The summed E-state index contributed by atoms with van der Waals surface area (Å²) >= 11 is 0. The third-order valence-electron chi connectivity index (χ3n) is 2.43. The summed E-state index contributed by atoms with van der Waals surface area (Å²) in [5, 5.41) is 0. The van der Waals surface area contributed by atoms with Crippen LogP contribution in [0.3, 0.4) is 0 Å². The summed E-state index contributed by atoms with van der Waals surface area (Å²) in [6.45, 7) is 4.12. The van der Waals surface area contributed by atoms with Gasteiger partial charge in [0.15, 0.2) is 5.82 Å². The van der Waals surface area contributed by atoms with E-state index in [0.717, 1.165) is 23.4 Å². The third-order valence-corrected chi connectivity index (χ3v) is 2.43. The molecule has 0 spiro atoms. The normalized spacial score (nSPS) is 11.5. The van der Waals surface area contributed by atoms with Gasteiger partial charge in [0.25, 0.3) is 0 Å². The Morgan fingerprint density at radius 2 is 2.00 bits per heavy atom. The average molecular weight is 226 g/mol. The quantitative estimate of drug-likeness (QED) is 0.756. The maximum absolute atomic E-state index is 4.51. The molecule has 1 aromatic heterocycles. The zero-order chi connectivity index (χ0) is 12.1. The van der Waals surface area contributed by atoms with Gasteiger partial charge >= 0.3 is 0 Å². The van der Waals surface area contributed by atoms with Gasteiger partial charge in [-0.1, -0.05) is 19.1 Å². The summed E-state index contributed by atoms with van der Waals surface area (Å²) in [5.41, 5.74) is 3.00. The molecule has 0 saturated heterocycles. The van der Waals surface area contributed by atoms with Crippen LogP contribution in [0, 0.1) is 0 Å². The minimum absolute atomic E-state index is 0.672. The van der Waals surface area contributed by atoms with Crippen molar-refractivity contribution in [1.82, 2.24) is 15.0 Å². The van der Waals surface area contributed by atoms with Crippen LogP contribution in [0.4, 0.5) is 5.69 Å². The van der Waals surface area contributed by atoms with Crippen LogP contribution < -0.4 is 0 Å². The molecule has 17 heavy (non-hydrogen) atoms.